The summed E-state index contributed by atoms with van der Waals surface area (Å²) in [4.78, 5) is 0. The van der Waals surface area contributed by atoms with Crippen LogP contribution in [0.2, 0.25) is 0 Å². The summed E-state index contributed by atoms with van der Waals surface area (Å²) >= 11 is -0.575. The molecule has 11 heteroatoms. The van der Waals surface area contributed by atoms with Crippen LogP contribution in [-0.2, 0) is 10.4 Å². The van der Waals surface area contributed by atoms with Gasteiger partial charge in [-0.2, -0.15) is 0 Å². The molecule has 8 nitrogen and oxygen atoms in total. The average molecular weight is 947 g/mol. The Balaban J connectivity index is 0.000000312. The fraction of sp³-hybridized carbons (Fsp3) is 0.400. The molecule has 4 aromatic rings. The van der Waals surface area contributed by atoms with E-state index in [1.807, 2.05) is 0 Å². The Hall–Kier alpha value is -2.59. The largest absolute Gasteiger partial charge is 0.759 e. The second kappa shape index (κ2) is 21.2. The molecule has 0 aliphatic rings. The lowest BCUT2D eigenvalue weighted by atomic mass is 10.0. The van der Waals surface area contributed by atoms with E-state index in [1.165, 1.54) is 36.5 Å². The van der Waals surface area contributed by atoms with Crippen LogP contribution in [0.15, 0.2) is 72.8 Å². The zero-order chi connectivity index (χ0) is 38.5. The minimum Gasteiger partial charge on any atom is -0.759 e. The topological polar surface area (TPSA) is 117 Å². The SMILES string of the molecule is COc1cccc([I+]c2cccc(OC)c2C(C)C)c1C(C)C.COc1cccc([I+]c2cccc(OC)c2C(C)C)c1C(C)C.O=S(=O)([O-])[O-]. The molecule has 0 aliphatic carbocycles. The van der Waals surface area contributed by atoms with E-state index < -0.39 is 10.4 Å². The molecule has 0 amide bonds. The van der Waals surface area contributed by atoms with E-state index >= 15 is 0 Å². The molecule has 0 fully saturated rings. The fourth-order valence-electron chi connectivity index (χ4n) is 5.57. The van der Waals surface area contributed by atoms with Crippen molar-refractivity contribution < 1.29 is 78.9 Å². The highest BCUT2D eigenvalue weighted by Gasteiger charge is 2.30. The van der Waals surface area contributed by atoms with Crippen molar-refractivity contribution in [3.05, 3.63) is 109 Å². The Kier molecular flexibility index (Phi) is 18.5. The Morgan fingerprint density at radius 2 is 0.608 bits per heavy atom. The molecular formula is C40H52I2O8S. The Labute approximate surface area is 326 Å². The smallest absolute Gasteiger partial charge is 0.358 e. The summed E-state index contributed by atoms with van der Waals surface area (Å²) in [6.07, 6.45) is 0. The van der Waals surface area contributed by atoms with Crippen molar-refractivity contribution in [2.45, 2.75) is 79.1 Å². The van der Waals surface area contributed by atoms with E-state index in [9.17, 15) is 0 Å². The van der Waals surface area contributed by atoms with Crippen molar-refractivity contribution in [3.63, 3.8) is 0 Å². The van der Waals surface area contributed by atoms with Gasteiger partial charge >= 0.3 is 42.4 Å². The average Bonchev–Trinajstić information content (AvgIpc) is 3.06. The fourth-order valence-corrected chi connectivity index (χ4v) is 13.1. The van der Waals surface area contributed by atoms with Crippen molar-refractivity contribution in [2.24, 2.45) is 0 Å². The molecule has 0 aliphatic heterocycles. The van der Waals surface area contributed by atoms with Crippen LogP contribution in [-0.4, -0.2) is 46.0 Å². The van der Waals surface area contributed by atoms with E-state index in [4.69, 9.17) is 36.5 Å². The van der Waals surface area contributed by atoms with Gasteiger partial charge in [-0.05, 0) is 72.2 Å². The zero-order valence-electron chi connectivity index (χ0n) is 31.7. The summed E-state index contributed by atoms with van der Waals surface area (Å²) < 4.78 is 62.2. The summed E-state index contributed by atoms with van der Waals surface area (Å²) in [6, 6.07) is 25.7. The van der Waals surface area contributed by atoms with Gasteiger partial charge in [0.1, 0.15) is 23.0 Å². The van der Waals surface area contributed by atoms with Crippen LogP contribution < -0.4 is 61.4 Å². The minimum absolute atomic E-state index is 0.288. The first-order valence-electron chi connectivity index (χ1n) is 16.6. The van der Waals surface area contributed by atoms with Gasteiger partial charge in [0.2, 0.25) is 14.3 Å². The zero-order valence-corrected chi connectivity index (χ0v) is 36.8. The number of methoxy groups -OCH3 is 4. The van der Waals surface area contributed by atoms with Crippen LogP contribution in [0.3, 0.4) is 0 Å². The molecule has 0 N–H and O–H groups in total. The molecule has 0 bridgehead atoms. The van der Waals surface area contributed by atoms with Crippen molar-refractivity contribution >= 4 is 10.4 Å². The van der Waals surface area contributed by atoms with E-state index in [2.05, 4.69) is 128 Å². The van der Waals surface area contributed by atoms with Gasteiger partial charge < -0.3 is 28.1 Å². The number of hydrogen-bond donors (Lipinski definition) is 0. The third-order valence-electron chi connectivity index (χ3n) is 7.65. The first-order chi connectivity index (χ1) is 24.0. The molecule has 0 atom stereocenters. The second-order valence-electron chi connectivity index (χ2n) is 12.6. The van der Waals surface area contributed by atoms with Crippen molar-refractivity contribution in [1.29, 1.82) is 0 Å². The molecule has 4 rings (SSSR count). The quantitative estimate of drug-likeness (QED) is 0.121. The van der Waals surface area contributed by atoms with Gasteiger partial charge in [0.15, 0.2) is 0 Å². The van der Waals surface area contributed by atoms with Gasteiger partial charge in [-0.1, -0.05) is 79.7 Å². The molecule has 0 radical (unpaired) electrons. The molecule has 0 saturated carbocycles. The normalized spacial score (nSPS) is 11.2. The van der Waals surface area contributed by atoms with Crippen molar-refractivity contribution in [2.75, 3.05) is 28.4 Å². The molecule has 0 spiro atoms. The molecule has 0 saturated heterocycles. The maximum atomic E-state index is 8.52. The summed E-state index contributed by atoms with van der Waals surface area (Å²) in [5.74, 6) is 5.83. The summed E-state index contributed by atoms with van der Waals surface area (Å²) in [5.41, 5.74) is 5.39. The molecule has 280 valence electrons. The predicted molar refractivity (Wildman–Crippen MR) is 194 cm³/mol. The highest BCUT2D eigenvalue weighted by atomic mass is 127. The molecule has 51 heavy (non-hydrogen) atoms. The van der Waals surface area contributed by atoms with Crippen LogP contribution in [0.4, 0.5) is 0 Å². The van der Waals surface area contributed by atoms with Crippen LogP contribution in [0.5, 0.6) is 23.0 Å². The van der Waals surface area contributed by atoms with Gasteiger partial charge in [-0.25, -0.2) is 0 Å². The summed E-state index contributed by atoms with van der Waals surface area (Å²) in [5, 5.41) is 0. The predicted octanol–water partition coefficient (Wildman–Crippen LogP) is 2.82. The third kappa shape index (κ3) is 13.4. The van der Waals surface area contributed by atoms with E-state index in [0.717, 1.165) is 23.0 Å². The monoisotopic (exact) mass is 946 g/mol. The maximum absolute atomic E-state index is 8.52. The first-order valence-corrected chi connectivity index (χ1v) is 22.3. The van der Waals surface area contributed by atoms with Crippen molar-refractivity contribution in [1.82, 2.24) is 0 Å². The lowest BCUT2D eigenvalue weighted by Gasteiger charge is -2.13. The number of benzene rings is 4. The number of halogens is 2. The van der Waals surface area contributed by atoms with Gasteiger partial charge in [-0.15, -0.1) is 0 Å². The Bertz CT molecular complexity index is 1560. The summed E-state index contributed by atoms with van der Waals surface area (Å²) in [6.45, 7) is 17.9. The Morgan fingerprint density at radius 1 is 0.431 bits per heavy atom. The Morgan fingerprint density at radius 3 is 0.745 bits per heavy atom. The van der Waals surface area contributed by atoms with Gasteiger partial charge in [0.25, 0.3) is 0 Å². The highest BCUT2D eigenvalue weighted by molar-refractivity contribution is 7.79. The third-order valence-corrected chi connectivity index (χ3v) is 13.7. The molecule has 0 unspecified atom stereocenters. The number of rotatable bonds is 12. The molecule has 0 aromatic heterocycles. The van der Waals surface area contributed by atoms with E-state index in [0.29, 0.717) is 23.7 Å². The molecule has 4 aromatic carbocycles. The number of hydrogen-bond acceptors (Lipinski definition) is 8. The van der Waals surface area contributed by atoms with Crippen LogP contribution in [0.25, 0.3) is 0 Å². The number of ether oxygens (including phenoxy) is 4. The van der Waals surface area contributed by atoms with Gasteiger partial charge in [-0.3, -0.25) is 8.42 Å². The van der Waals surface area contributed by atoms with Crippen molar-refractivity contribution in [3.8, 4) is 23.0 Å². The van der Waals surface area contributed by atoms with Gasteiger partial charge in [0.05, 0.1) is 50.7 Å². The highest BCUT2D eigenvalue weighted by Crippen LogP contribution is 2.29. The van der Waals surface area contributed by atoms with Gasteiger partial charge in [0, 0.05) is 10.4 Å². The molecule has 0 heterocycles. The van der Waals surface area contributed by atoms with E-state index in [1.54, 1.807) is 28.4 Å². The lowest BCUT2D eigenvalue weighted by Crippen LogP contribution is -3.62. The van der Waals surface area contributed by atoms with Crippen LogP contribution >= 0.6 is 0 Å². The second-order valence-corrected chi connectivity index (χ2v) is 19.2. The van der Waals surface area contributed by atoms with E-state index in [-0.39, 0.29) is 42.4 Å². The minimum atomic E-state index is -5.17. The molecular weight excluding hydrogens is 894 g/mol. The summed E-state index contributed by atoms with van der Waals surface area (Å²) in [7, 11) is 1.87. The van der Waals surface area contributed by atoms with Crippen LogP contribution in [0, 0.1) is 14.3 Å². The first kappa shape index (κ1) is 44.6. The lowest BCUT2D eigenvalue weighted by molar-refractivity contribution is -0.599. The standard InChI is InChI=1S/2C20H26IO2.H2O4S/c2*1-13(2)19-15(9-7-11-17(19)22-5)21-16-10-8-12-18(23-6)20(16)14(3)4;1-5(2,3)4/h2*7-14H,1-6H3;(H2,1,2,3,4)/q2*+1;/p-2. The van der Waals surface area contributed by atoms with Crippen LogP contribution in [0.1, 0.15) is 101 Å². The maximum Gasteiger partial charge on any atom is 0.358 e.